The van der Waals surface area contributed by atoms with E-state index in [2.05, 4.69) is 12.2 Å². The second-order valence-electron chi connectivity index (χ2n) is 4.55. The van der Waals surface area contributed by atoms with Crippen molar-refractivity contribution in [3.8, 4) is 0 Å². The van der Waals surface area contributed by atoms with Crippen molar-refractivity contribution in [3.05, 3.63) is 65.7 Å². The zero-order valence-corrected chi connectivity index (χ0v) is 11.5. The Balaban J connectivity index is 2.01. The fourth-order valence-electron chi connectivity index (χ4n) is 1.89. The van der Waals surface area contributed by atoms with E-state index < -0.39 is 0 Å². The first-order valence-corrected chi connectivity index (χ1v) is 6.61. The third-order valence-corrected chi connectivity index (χ3v) is 2.94. The highest BCUT2D eigenvalue weighted by Gasteiger charge is 1.98. The lowest BCUT2D eigenvalue weighted by Crippen LogP contribution is -2.07. The van der Waals surface area contributed by atoms with Crippen LogP contribution in [-0.4, -0.2) is 5.91 Å². The molecule has 0 aliphatic rings. The van der Waals surface area contributed by atoms with Crippen LogP contribution in [0.15, 0.2) is 54.6 Å². The predicted molar refractivity (Wildman–Crippen MR) is 84.3 cm³/mol. The lowest BCUT2D eigenvalue weighted by molar-refractivity contribution is -0.111. The molecule has 0 aliphatic heterocycles. The predicted octanol–water partition coefficient (Wildman–Crippen LogP) is 3.48. The number of amides is 1. The SMILES string of the molecule is CCc1cccc(NC(=O)/C=C/c2cccc(N)c2)c1. The van der Waals surface area contributed by atoms with Gasteiger partial charge in [0.15, 0.2) is 0 Å². The summed E-state index contributed by atoms with van der Waals surface area (Å²) in [5.41, 5.74) is 9.28. The van der Waals surface area contributed by atoms with Gasteiger partial charge in [0.2, 0.25) is 5.91 Å². The van der Waals surface area contributed by atoms with E-state index in [-0.39, 0.29) is 5.91 Å². The monoisotopic (exact) mass is 266 g/mol. The molecule has 2 rings (SSSR count). The summed E-state index contributed by atoms with van der Waals surface area (Å²) in [6.07, 6.45) is 4.20. The fourth-order valence-corrected chi connectivity index (χ4v) is 1.89. The van der Waals surface area contributed by atoms with Gasteiger partial charge in [-0.25, -0.2) is 0 Å². The number of nitrogens with two attached hydrogens (primary N) is 1. The van der Waals surface area contributed by atoms with Gasteiger partial charge >= 0.3 is 0 Å². The van der Waals surface area contributed by atoms with Crippen LogP contribution in [0.25, 0.3) is 6.08 Å². The third-order valence-electron chi connectivity index (χ3n) is 2.94. The Morgan fingerprint density at radius 1 is 1.20 bits per heavy atom. The normalized spacial score (nSPS) is 10.7. The molecular weight excluding hydrogens is 248 g/mol. The fraction of sp³-hybridized carbons (Fsp3) is 0.118. The van der Waals surface area contributed by atoms with Crippen LogP contribution in [0.3, 0.4) is 0 Å². The number of carbonyl (C=O) groups is 1. The lowest BCUT2D eigenvalue weighted by Gasteiger charge is -2.04. The van der Waals surface area contributed by atoms with E-state index >= 15 is 0 Å². The molecule has 20 heavy (non-hydrogen) atoms. The molecule has 0 atom stereocenters. The number of nitrogen functional groups attached to an aromatic ring is 1. The highest BCUT2D eigenvalue weighted by molar-refractivity contribution is 6.02. The molecule has 0 radical (unpaired) electrons. The second kappa shape index (κ2) is 6.57. The molecule has 3 heteroatoms. The second-order valence-corrected chi connectivity index (χ2v) is 4.55. The number of anilines is 2. The van der Waals surface area contributed by atoms with Gasteiger partial charge in [0.05, 0.1) is 0 Å². The topological polar surface area (TPSA) is 55.1 Å². The van der Waals surface area contributed by atoms with Crippen LogP contribution in [0.2, 0.25) is 0 Å². The molecule has 0 bridgehead atoms. The number of hydrogen-bond donors (Lipinski definition) is 2. The van der Waals surface area contributed by atoms with Crippen molar-refractivity contribution >= 4 is 23.4 Å². The minimum absolute atomic E-state index is 0.152. The maximum atomic E-state index is 11.8. The molecular formula is C17H18N2O. The summed E-state index contributed by atoms with van der Waals surface area (Å²) >= 11 is 0. The first kappa shape index (κ1) is 13.9. The molecule has 0 spiro atoms. The maximum Gasteiger partial charge on any atom is 0.248 e. The third kappa shape index (κ3) is 3.99. The van der Waals surface area contributed by atoms with Gasteiger partial charge in [-0.15, -0.1) is 0 Å². The highest BCUT2D eigenvalue weighted by Crippen LogP contribution is 2.12. The lowest BCUT2D eigenvalue weighted by atomic mass is 10.1. The van der Waals surface area contributed by atoms with E-state index in [1.54, 1.807) is 6.08 Å². The quantitative estimate of drug-likeness (QED) is 0.657. The van der Waals surface area contributed by atoms with Crippen LogP contribution in [0.1, 0.15) is 18.1 Å². The molecule has 0 unspecified atom stereocenters. The molecule has 3 N–H and O–H groups in total. The molecule has 0 heterocycles. The summed E-state index contributed by atoms with van der Waals surface area (Å²) < 4.78 is 0. The van der Waals surface area contributed by atoms with Crippen LogP contribution in [-0.2, 0) is 11.2 Å². The minimum Gasteiger partial charge on any atom is -0.399 e. The Labute approximate surface area is 119 Å². The van der Waals surface area contributed by atoms with Gasteiger partial charge < -0.3 is 11.1 Å². The van der Waals surface area contributed by atoms with E-state index in [4.69, 9.17) is 5.73 Å². The van der Waals surface area contributed by atoms with Crippen LogP contribution in [0.4, 0.5) is 11.4 Å². The summed E-state index contributed by atoms with van der Waals surface area (Å²) in [6.45, 7) is 2.08. The largest absolute Gasteiger partial charge is 0.399 e. The summed E-state index contributed by atoms with van der Waals surface area (Å²) in [7, 11) is 0. The molecule has 0 aromatic heterocycles. The molecule has 102 valence electrons. The van der Waals surface area contributed by atoms with Gasteiger partial charge in [-0.3, -0.25) is 4.79 Å². The van der Waals surface area contributed by atoms with Gasteiger partial charge in [0, 0.05) is 17.5 Å². The van der Waals surface area contributed by atoms with Crippen molar-refractivity contribution in [2.75, 3.05) is 11.1 Å². The highest BCUT2D eigenvalue weighted by atomic mass is 16.1. The van der Waals surface area contributed by atoms with Gasteiger partial charge in [0.1, 0.15) is 0 Å². The van der Waals surface area contributed by atoms with Gasteiger partial charge in [0.25, 0.3) is 0 Å². The van der Waals surface area contributed by atoms with Gasteiger partial charge in [-0.05, 0) is 47.9 Å². The van der Waals surface area contributed by atoms with E-state index in [0.717, 1.165) is 17.7 Å². The Morgan fingerprint density at radius 3 is 2.75 bits per heavy atom. The van der Waals surface area contributed by atoms with Crippen molar-refractivity contribution < 1.29 is 4.79 Å². The van der Waals surface area contributed by atoms with Gasteiger partial charge in [-0.1, -0.05) is 31.2 Å². The van der Waals surface area contributed by atoms with Gasteiger partial charge in [-0.2, -0.15) is 0 Å². The first-order chi connectivity index (χ1) is 9.67. The zero-order valence-electron chi connectivity index (χ0n) is 11.5. The number of aryl methyl sites for hydroxylation is 1. The summed E-state index contributed by atoms with van der Waals surface area (Å²) in [5.74, 6) is -0.152. The standard InChI is InChI=1S/C17H18N2O/c1-2-13-5-4-8-16(12-13)19-17(20)10-9-14-6-3-7-15(18)11-14/h3-12H,2,18H2,1H3,(H,19,20)/b10-9+. The Hall–Kier alpha value is -2.55. The maximum absolute atomic E-state index is 11.8. The molecule has 1 amide bonds. The van der Waals surface area contributed by atoms with Crippen LogP contribution >= 0.6 is 0 Å². The summed E-state index contributed by atoms with van der Waals surface area (Å²) in [4.78, 5) is 11.8. The van der Waals surface area contributed by atoms with E-state index in [1.165, 1.54) is 11.6 Å². The van der Waals surface area contributed by atoms with Crippen molar-refractivity contribution in [2.24, 2.45) is 0 Å². The van der Waals surface area contributed by atoms with Crippen LogP contribution in [0, 0.1) is 0 Å². The summed E-state index contributed by atoms with van der Waals surface area (Å²) in [5, 5.41) is 2.84. The summed E-state index contributed by atoms with van der Waals surface area (Å²) in [6, 6.07) is 15.2. The number of nitrogens with one attached hydrogen (secondary N) is 1. The number of benzene rings is 2. The van der Waals surface area contributed by atoms with Crippen molar-refractivity contribution in [1.29, 1.82) is 0 Å². The number of carbonyl (C=O) groups excluding carboxylic acids is 1. The van der Waals surface area contributed by atoms with E-state index in [0.29, 0.717) is 5.69 Å². The van der Waals surface area contributed by atoms with E-state index in [9.17, 15) is 4.79 Å². The number of rotatable bonds is 4. The smallest absolute Gasteiger partial charge is 0.248 e. The number of hydrogen-bond acceptors (Lipinski definition) is 2. The van der Waals surface area contributed by atoms with Crippen molar-refractivity contribution in [2.45, 2.75) is 13.3 Å². The average Bonchev–Trinajstić information content (AvgIpc) is 2.45. The Kier molecular flexibility index (Phi) is 4.56. The van der Waals surface area contributed by atoms with Crippen molar-refractivity contribution in [1.82, 2.24) is 0 Å². The molecule has 0 saturated carbocycles. The molecule has 0 saturated heterocycles. The van der Waals surface area contributed by atoms with Crippen molar-refractivity contribution in [3.63, 3.8) is 0 Å². The molecule has 2 aromatic carbocycles. The Morgan fingerprint density at radius 2 is 2.00 bits per heavy atom. The molecule has 0 aliphatic carbocycles. The first-order valence-electron chi connectivity index (χ1n) is 6.61. The van der Waals surface area contributed by atoms with Crippen LogP contribution < -0.4 is 11.1 Å². The molecule has 3 nitrogen and oxygen atoms in total. The minimum atomic E-state index is -0.152. The van der Waals surface area contributed by atoms with Crippen LogP contribution in [0.5, 0.6) is 0 Å². The Bertz CT molecular complexity index is 632. The average molecular weight is 266 g/mol. The molecule has 0 fully saturated rings. The molecule has 2 aromatic rings. The van der Waals surface area contributed by atoms with E-state index in [1.807, 2.05) is 48.5 Å². The zero-order chi connectivity index (χ0) is 14.4.